The molecule has 1 aliphatic rings. The van der Waals surface area contributed by atoms with E-state index in [1.807, 2.05) is 27.8 Å². The van der Waals surface area contributed by atoms with E-state index >= 15 is 0 Å². The van der Waals surface area contributed by atoms with Gasteiger partial charge in [0.05, 0.1) is 5.39 Å². The van der Waals surface area contributed by atoms with E-state index in [9.17, 15) is 0 Å². The number of anilines is 1. The lowest BCUT2D eigenvalue weighted by Crippen LogP contribution is -2.24. The summed E-state index contributed by atoms with van der Waals surface area (Å²) in [5, 5.41) is 1.13. The van der Waals surface area contributed by atoms with E-state index in [0.717, 1.165) is 41.2 Å². The predicted octanol–water partition coefficient (Wildman–Crippen LogP) is 3.32. The molecule has 0 aromatic carbocycles. The van der Waals surface area contributed by atoms with Crippen LogP contribution in [-0.4, -0.2) is 28.5 Å². The van der Waals surface area contributed by atoms with Crippen molar-refractivity contribution in [1.29, 1.82) is 0 Å². The van der Waals surface area contributed by atoms with Gasteiger partial charge in [0.2, 0.25) is 0 Å². The average molecular weight is 258 g/mol. The number of aromatic nitrogens is 3. The highest BCUT2D eigenvalue weighted by molar-refractivity contribution is 6.02. The first kappa shape index (κ1) is 13.6. The number of likely N-dealkylation sites (N-methyl/N-ethyl adjacent to an activating group) is 1. The maximum Gasteiger partial charge on any atom is 0.144 e. The van der Waals surface area contributed by atoms with Gasteiger partial charge in [-0.3, -0.25) is 0 Å². The zero-order valence-corrected chi connectivity index (χ0v) is 12.5. The lowest BCUT2D eigenvalue weighted by atomic mass is 9.99. The van der Waals surface area contributed by atoms with Gasteiger partial charge in [-0.05, 0) is 18.9 Å². The molecule has 0 unspecified atom stereocenters. The number of nitrogens with one attached hydrogen (secondary N) is 1. The van der Waals surface area contributed by atoms with Crippen LogP contribution in [0.25, 0.3) is 16.6 Å². The Morgan fingerprint density at radius 2 is 2.00 bits per heavy atom. The van der Waals surface area contributed by atoms with Gasteiger partial charge in [0.25, 0.3) is 0 Å². The fourth-order valence-electron chi connectivity index (χ4n) is 2.61. The lowest BCUT2D eigenvalue weighted by molar-refractivity contribution is 0.964. The van der Waals surface area contributed by atoms with Crippen molar-refractivity contribution < 1.29 is 0 Å². The maximum absolute atomic E-state index is 4.55. The normalized spacial score (nSPS) is 13.5. The van der Waals surface area contributed by atoms with Gasteiger partial charge < -0.3 is 9.88 Å². The molecule has 1 N–H and O–H groups in total. The van der Waals surface area contributed by atoms with E-state index in [1.54, 1.807) is 0 Å². The van der Waals surface area contributed by atoms with Gasteiger partial charge in [0, 0.05) is 24.8 Å². The Morgan fingerprint density at radius 3 is 2.63 bits per heavy atom. The summed E-state index contributed by atoms with van der Waals surface area (Å²) in [5.74, 6) is 1.83. The van der Waals surface area contributed by atoms with Crippen molar-refractivity contribution in [2.24, 2.45) is 0 Å². The van der Waals surface area contributed by atoms with Crippen LogP contribution in [0.4, 0.5) is 5.82 Å². The summed E-state index contributed by atoms with van der Waals surface area (Å²) in [5.41, 5.74) is 4.54. The molecule has 2 aromatic heterocycles. The van der Waals surface area contributed by atoms with Gasteiger partial charge in [0.15, 0.2) is 0 Å². The highest BCUT2D eigenvalue weighted by atomic mass is 15.2. The number of aromatic amines is 1. The molecular weight excluding hydrogens is 236 g/mol. The standard InChI is InChI=1S/C13H16N4.C2H6/c1-5-9-10-7(2)6-17(4)13-11(10)12(16-9)14-8(3)15-13;1-2/h2,5-6H2,1,3-4H3,(H,14,15,16);1-2H3. The number of nitrogens with zero attached hydrogens (tertiary/aromatic N) is 3. The van der Waals surface area contributed by atoms with Crippen molar-refractivity contribution >= 4 is 22.4 Å². The minimum Gasteiger partial charge on any atom is -0.355 e. The summed E-state index contributed by atoms with van der Waals surface area (Å²) in [7, 11) is 2.05. The quantitative estimate of drug-likeness (QED) is 0.853. The molecule has 1 aliphatic heterocycles. The number of hydrogen-bond donors (Lipinski definition) is 1. The van der Waals surface area contributed by atoms with Crippen molar-refractivity contribution in [3.63, 3.8) is 0 Å². The van der Waals surface area contributed by atoms with E-state index in [4.69, 9.17) is 0 Å². The third-order valence-corrected chi connectivity index (χ3v) is 3.32. The number of aryl methyl sites for hydroxylation is 2. The molecule has 0 saturated heterocycles. The third kappa shape index (κ3) is 2.01. The van der Waals surface area contributed by atoms with Gasteiger partial charge in [-0.1, -0.05) is 27.4 Å². The molecular formula is C15H22N4. The molecule has 4 nitrogen and oxygen atoms in total. The molecule has 0 aliphatic carbocycles. The van der Waals surface area contributed by atoms with Gasteiger partial charge in [-0.15, -0.1) is 0 Å². The average Bonchev–Trinajstić information content (AvgIpc) is 2.77. The van der Waals surface area contributed by atoms with E-state index in [-0.39, 0.29) is 0 Å². The summed E-state index contributed by atoms with van der Waals surface area (Å²) in [6.07, 6.45) is 0.965. The van der Waals surface area contributed by atoms with Crippen molar-refractivity contribution in [3.8, 4) is 0 Å². The molecule has 0 fully saturated rings. The predicted molar refractivity (Wildman–Crippen MR) is 81.7 cm³/mol. The first-order chi connectivity index (χ1) is 9.11. The second-order valence-electron chi connectivity index (χ2n) is 4.61. The minimum absolute atomic E-state index is 0.808. The number of H-pyrrole nitrogens is 1. The fourth-order valence-corrected chi connectivity index (χ4v) is 2.61. The third-order valence-electron chi connectivity index (χ3n) is 3.32. The Labute approximate surface area is 114 Å². The molecule has 0 saturated carbocycles. The highest BCUT2D eigenvalue weighted by Crippen LogP contribution is 2.37. The molecule has 0 amide bonds. The summed E-state index contributed by atoms with van der Waals surface area (Å²) in [6, 6.07) is 0. The smallest absolute Gasteiger partial charge is 0.144 e. The van der Waals surface area contributed by atoms with Crippen LogP contribution in [0.2, 0.25) is 0 Å². The Kier molecular flexibility index (Phi) is 3.60. The Hall–Kier alpha value is -1.84. The Balaban J connectivity index is 0.000000637. The molecule has 0 bridgehead atoms. The maximum atomic E-state index is 4.55. The summed E-state index contributed by atoms with van der Waals surface area (Å²) >= 11 is 0. The van der Waals surface area contributed by atoms with Crippen LogP contribution >= 0.6 is 0 Å². The minimum atomic E-state index is 0.808. The molecule has 0 radical (unpaired) electrons. The molecule has 19 heavy (non-hydrogen) atoms. The van der Waals surface area contributed by atoms with Crippen LogP contribution < -0.4 is 4.90 Å². The second-order valence-corrected chi connectivity index (χ2v) is 4.61. The summed E-state index contributed by atoms with van der Waals surface area (Å²) < 4.78 is 0. The topological polar surface area (TPSA) is 44.8 Å². The first-order valence-electron chi connectivity index (χ1n) is 6.90. The highest BCUT2D eigenvalue weighted by Gasteiger charge is 2.25. The van der Waals surface area contributed by atoms with Gasteiger partial charge in [0.1, 0.15) is 17.3 Å². The molecule has 102 valence electrons. The Morgan fingerprint density at radius 1 is 1.32 bits per heavy atom. The van der Waals surface area contributed by atoms with E-state index in [2.05, 4.69) is 33.4 Å². The zero-order chi connectivity index (χ0) is 14.2. The fraction of sp³-hybridized carbons (Fsp3) is 0.467. The molecule has 3 rings (SSSR count). The monoisotopic (exact) mass is 258 g/mol. The molecule has 0 spiro atoms. The number of hydrogen-bond acceptors (Lipinski definition) is 3. The molecule has 3 heterocycles. The Bertz CT molecular complexity index is 625. The van der Waals surface area contributed by atoms with Crippen molar-refractivity contribution in [2.75, 3.05) is 18.5 Å². The van der Waals surface area contributed by atoms with Gasteiger partial charge in [-0.2, -0.15) is 0 Å². The van der Waals surface area contributed by atoms with Crippen LogP contribution in [-0.2, 0) is 6.42 Å². The molecule has 2 aromatic rings. The van der Waals surface area contributed by atoms with Crippen LogP contribution in [0, 0.1) is 6.92 Å². The van der Waals surface area contributed by atoms with Gasteiger partial charge in [-0.25, -0.2) is 9.97 Å². The summed E-state index contributed by atoms with van der Waals surface area (Å²) in [6.45, 7) is 13.1. The van der Waals surface area contributed by atoms with Crippen LogP contribution in [0.15, 0.2) is 6.58 Å². The molecule has 0 atom stereocenters. The van der Waals surface area contributed by atoms with Crippen LogP contribution in [0.3, 0.4) is 0 Å². The zero-order valence-electron chi connectivity index (χ0n) is 12.5. The lowest BCUT2D eigenvalue weighted by Gasteiger charge is -2.26. The SMILES string of the molecule is C=C1CN(C)c2nc(C)nc3[nH]c(CC)c1c23.CC. The van der Waals surface area contributed by atoms with E-state index in [1.165, 1.54) is 11.3 Å². The van der Waals surface area contributed by atoms with Crippen molar-refractivity contribution in [3.05, 3.63) is 23.7 Å². The number of rotatable bonds is 1. The molecule has 4 heteroatoms. The van der Waals surface area contributed by atoms with Crippen molar-refractivity contribution in [2.45, 2.75) is 34.1 Å². The van der Waals surface area contributed by atoms with Gasteiger partial charge >= 0.3 is 0 Å². The van der Waals surface area contributed by atoms with E-state index in [0.29, 0.717) is 0 Å². The van der Waals surface area contributed by atoms with E-state index < -0.39 is 0 Å². The van der Waals surface area contributed by atoms with Crippen LogP contribution in [0.1, 0.15) is 37.9 Å². The van der Waals surface area contributed by atoms with Crippen LogP contribution in [0.5, 0.6) is 0 Å². The van der Waals surface area contributed by atoms with Crippen molar-refractivity contribution in [1.82, 2.24) is 15.0 Å². The largest absolute Gasteiger partial charge is 0.355 e. The first-order valence-corrected chi connectivity index (χ1v) is 6.90. The summed E-state index contributed by atoms with van der Waals surface area (Å²) in [4.78, 5) is 14.6. The second kappa shape index (κ2) is 5.03.